The van der Waals surface area contributed by atoms with Gasteiger partial charge in [-0.1, -0.05) is 0 Å². The highest BCUT2D eigenvalue weighted by Crippen LogP contribution is 2.30. The normalized spacial score (nSPS) is 45.7. The fraction of sp³-hybridized carbons (Fsp3) is 1.00. The predicted octanol–water partition coefficient (Wildman–Crippen LogP) is -5.55. The number of methoxy groups -OCH3 is 1. The SMILES string of the molecule is CN[C@@H]1C(CO)O[C@H](O[C@@](CN)(OC)O[C@@H]2C(N)C[C@@H](N)C(O)C2O)C(O)C1O. The van der Waals surface area contributed by atoms with Crippen LogP contribution in [0, 0.1) is 0 Å². The van der Waals surface area contributed by atoms with E-state index in [0.717, 1.165) is 0 Å². The molecule has 11 atom stereocenters. The summed E-state index contributed by atoms with van der Waals surface area (Å²) >= 11 is 0. The first-order valence-corrected chi connectivity index (χ1v) is 9.42. The summed E-state index contributed by atoms with van der Waals surface area (Å²) in [4.78, 5) is 0. The predicted molar refractivity (Wildman–Crippen MR) is 97.9 cm³/mol. The molecule has 1 aliphatic carbocycles. The zero-order chi connectivity index (χ0) is 21.9. The topological polar surface area (TPSA) is 228 Å². The molecule has 0 aromatic heterocycles. The van der Waals surface area contributed by atoms with Crippen molar-refractivity contribution >= 4 is 0 Å². The van der Waals surface area contributed by atoms with Crippen LogP contribution in [0.25, 0.3) is 0 Å². The smallest absolute Gasteiger partial charge is 0.298 e. The van der Waals surface area contributed by atoms with Gasteiger partial charge in [-0.05, 0) is 13.5 Å². The maximum atomic E-state index is 10.4. The molecular weight excluding hydrogens is 392 g/mol. The molecule has 13 heteroatoms. The first kappa shape index (κ1) is 24.7. The van der Waals surface area contributed by atoms with E-state index in [9.17, 15) is 25.5 Å². The summed E-state index contributed by atoms with van der Waals surface area (Å²) in [6.07, 6.45) is -9.00. The summed E-state index contributed by atoms with van der Waals surface area (Å²) < 4.78 is 22.1. The fourth-order valence-electron chi connectivity index (χ4n) is 3.68. The van der Waals surface area contributed by atoms with Crippen LogP contribution in [0.15, 0.2) is 0 Å². The number of hydrogen-bond donors (Lipinski definition) is 9. The summed E-state index contributed by atoms with van der Waals surface area (Å²) in [5.74, 6) is -2.04. The third-order valence-corrected chi connectivity index (χ3v) is 5.48. The summed E-state index contributed by atoms with van der Waals surface area (Å²) in [6, 6.07) is -2.26. The number of nitrogens with two attached hydrogens (primary N) is 3. The minimum absolute atomic E-state index is 0.158. The van der Waals surface area contributed by atoms with E-state index in [1.807, 2.05) is 0 Å². The Morgan fingerprint density at radius 1 is 1.03 bits per heavy atom. The van der Waals surface area contributed by atoms with Crippen molar-refractivity contribution in [1.82, 2.24) is 5.32 Å². The monoisotopic (exact) mass is 426 g/mol. The Kier molecular flexibility index (Phi) is 8.70. The minimum atomic E-state index is -2.04. The highest BCUT2D eigenvalue weighted by atomic mass is 16.9. The standard InChI is InChI=1S/C16H34N4O9/c1-20-9-8(4-21)27-15(13(25)11(9)23)29-16(5-17,26-2)28-14-7(19)3-6(18)10(22)12(14)24/h6-15,20-25H,3-5,17-19H2,1-2H3/t6-,7?,8?,9-,10?,11?,12?,13?,14-,15-,16+/m1/s1. The molecule has 0 bridgehead atoms. The van der Waals surface area contributed by atoms with E-state index in [1.165, 1.54) is 14.2 Å². The molecule has 2 rings (SSSR count). The van der Waals surface area contributed by atoms with Crippen LogP contribution in [0.3, 0.4) is 0 Å². The van der Waals surface area contributed by atoms with Crippen LogP contribution in [0.4, 0.5) is 0 Å². The van der Waals surface area contributed by atoms with Crippen molar-refractivity contribution in [2.24, 2.45) is 17.2 Å². The number of likely N-dealkylation sites (N-methyl/N-ethyl adjacent to an activating group) is 1. The number of ether oxygens (including phenoxy) is 4. The molecule has 0 radical (unpaired) electrons. The Bertz CT molecular complexity index is 513. The van der Waals surface area contributed by atoms with Gasteiger partial charge in [0.2, 0.25) is 0 Å². The highest BCUT2D eigenvalue weighted by Gasteiger charge is 2.51. The number of hydrogen-bond acceptors (Lipinski definition) is 13. The van der Waals surface area contributed by atoms with Crippen molar-refractivity contribution in [1.29, 1.82) is 0 Å². The van der Waals surface area contributed by atoms with Crippen LogP contribution >= 0.6 is 0 Å². The summed E-state index contributed by atoms with van der Waals surface area (Å²) in [5, 5.41) is 53.4. The van der Waals surface area contributed by atoms with Crippen LogP contribution in [0.1, 0.15) is 6.42 Å². The zero-order valence-electron chi connectivity index (χ0n) is 16.5. The van der Waals surface area contributed by atoms with Crippen LogP contribution in [-0.2, 0) is 18.9 Å². The quantitative estimate of drug-likeness (QED) is 0.165. The van der Waals surface area contributed by atoms with Crippen molar-refractivity contribution in [3.63, 3.8) is 0 Å². The van der Waals surface area contributed by atoms with E-state index in [2.05, 4.69) is 5.32 Å². The number of aliphatic hydroxyl groups excluding tert-OH is 5. The lowest BCUT2D eigenvalue weighted by Crippen LogP contribution is -2.67. The van der Waals surface area contributed by atoms with Gasteiger partial charge < -0.3 is 62.3 Å². The Balaban J connectivity index is 2.19. The van der Waals surface area contributed by atoms with Crippen LogP contribution in [0.2, 0.25) is 0 Å². The molecule has 2 fully saturated rings. The molecule has 1 heterocycles. The second-order valence-corrected chi connectivity index (χ2v) is 7.36. The maximum absolute atomic E-state index is 10.4. The molecule has 12 N–H and O–H groups in total. The lowest BCUT2D eigenvalue weighted by Gasteiger charge is -2.47. The Morgan fingerprint density at radius 3 is 2.21 bits per heavy atom. The van der Waals surface area contributed by atoms with Crippen LogP contribution < -0.4 is 22.5 Å². The number of aliphatic hydroxyl groups is 5. The average molecular weight is 426 g/mol. The highest BCUT2D eigenvalue weighted by molar-refractivity contribution is 4.98. The van der Waals surface area contributed by atoms with E-state index in [0.29, 0.717) is 0 Å². The Hall–Kier alpha value is -0.520. The molecule has 0 amide bonds. The van der Waals surface area contributed by atoms with Gasteiger partial charge in [0.15, 0.2) is 6.29 Å². The molecule has 29 heavy (non-hydrogen) atoms. The van der Waals surface area contributed by atoms with Crippen LogP contribution in [-0.4, -0.2) is 120 Å². The zero-order valence-corrected chi connectivity index (χ0v) is 16.5. The second kappa shape index (κ2) is 10.2. The van der Waals surface area contributed by atoms with Gasteiger partial charge in [0.05, 0.1) is 25.3 Å². The summed E-state index contributed by atoms with van der Waals surface area (Å²) in [7, 11) is 2.75. The molecule has 1 aliphatic heterocycles. The third kappa shape index (κ3) is 5.04. The molecule has 0 aromatic carbocycles. The largest absolute Gasteiger partial charge is 0.394 e. The first-order chi connectivity index (χ1) is 13.6. The van der Waals surface area contributed by atoms with E-state index in [-0.39, 0.29) is 6.42 Å². The number of rotatable bonds is 8. The first-order valence-electron chi connectivity index (χ1n) is 9.42. The molecule has 1 saturated carbocycles. The third-order valence-electron chi connectivity index (χ3n) is 5.48. The molecule has 0 spiro atoms. The Labute approximate surface area is 168 Å². The molecule has 1 saturated heterocycles. The molecule has 2 aliphatic rings. The van der Waals surface area contributed by atoms with Gasteiger partial charge in [0.1, 0.15) is 30.5 Å². The average Bonchev–Trinajstić information content (AvgIpc) is 2.71. The van der Waals surface area contributed by atoms with Gasteiger partial charge in [0, 0.05) is 19.2 Å². The van der Waals surface area contributed by atoms with Gasteiger partial charge in [-0.15, -0.1) is 0 Å². The van der Waals surface area contributed by atoms with Gasteiger partial charge in [-0.25, -0.2) is 0 Å². The molecule has 6 unspecified atom stereocenters. The molecule has 0 aromatic rings. The van der Waals surface area contributed by atoms with Crippen molar-refractivity contribution in [3.8, 4) is 0 Å². The Morgan fingerprint density at radius 2 is 1.69 bits per heavy atom. The lowest BCUT2D eigenvalue weighted by atomic mass is 9.84. The van der Waals surface area contributed by atoms with Crippen molar-refractivity contribution in [2.75, 3.05) is 27.3 Å². The molecule has 172 valence electrons. The van der Waals surface area contributed by atoms with Crippen LogP contribution in [0.5, 0.6) is 0 Å². The second-order valence-electron chi connectivity index (χ2n) is 7.36. The van der Waals surface area contributed by atoms with Gasteiger partial charge in [-0.2, -0.15) is 0 Å². The van der Waals surface area contributed by atoms with Gasteiger partial charge in [-0.3, -0.25) is 4.74 Å². The van der Waals surface area contributed by atoms with Gasteiger partial charge >= 0.3 is 0 Å². The van der Waals surface area contributed by atoms with Crippen molar-refractivity contribution in [2.45, 2.75) is 73.4 Å². The van der Waals surface area contributed by atoms with E-state index in [4.69, 9.17) is 36.1 Å². The summed E-state index contributed by atoms with van der Waals surface area (Å²) in [5.41, 5.74) is 17.5. The lowest BCUT2D eigenvalue weighted by molar-refractivity contribution is -0.445. The van der Waals surface area contributed by atoms with Crippen molar-refractivity contribution < 1.29 is 44.5 Å². The van der Waals surface area contributed by atoms with E-state index >= 15 is 0 Å². The number of nitrogens with one attached hydrogen (secondary N) is 1. The van der Waals surface area contributed by atoms with Gasteiger partial charge in [0.25, 0.3) is 5.97 Å². The van der Waals surface area contributed by atoms with E-state index < -0.39 is 80.2 Å². The maximum Gasteiger partial charge on any atom is 0.298 e. The van der Waals surface area contributed by atoms with Crippen molar-refractivity contribution in [3.05, 3.63) is 0 Å². The summed E-state index contributed by atoms with van der Waals surface area (Å²) in [6.45, 7) is -0.877. The fourth-order valence-corrected chi connectivity index (χ4v) is 3.68. The van der Waals surface area contributed by atoms with E-state index in [1.54, 1.807) is 0 Å². The molecule has 13 nitrogen and oxygen atoms in total. The minimum Gasteiger partial charge on any atom is -0.394 e. The molecular formula is C16H34N4O9.